The topological polar surface area (TPSA) is 63.7 Å². The summed E-state index contributed by atoms with van der Waals surface area (Å²) in [5.41, 5.74) is 0.000372. The number of carbonyl (C=O) groups is 1. The van der Waals surface area contributed by atoms with E-state index in [1.165, 1.54) is 19.3 Å². The number of hydrogen-bond acceptors (Lipinski definition) is 5. The summed E-state index contributed by atoms with van der Waals surface area (Å²) in [5.74, 6) is 1.37. The molecule has 3 rings (SSSR count). The largest absolute Gasteiger partial charge is 0.493 e. The first kappa shape index (κ1) is 21.5. The van der Waals surface area contributed by atoms with E-state index in [0.717, 1.165) is 17.8 Å². The average molecular weight is 421 g/mol. The predicted molar refractivity (Wildman–Crippen MR) is 107 cm³/mol. The zero-order valence-electron chi connectivity index (χ0n) is 16.6. The van der Waals surface area contributed by atoms with Gasteiger partial charge in [0.25, 0.3) is 0 Å². The predicted octanol–water partition coefficient (Wildman–Crippen LogP) is 3.53. The zero-order chi connectivity index (χ0) is 21.7. The summed E-state index contributed by atoms with van der Waals surface area (Å²) in [6.45, 7) is 1.08. The van der Waals surface area contributed by atoms with E-state index in [-0.39, 0.29) is 11.9 Å². The maximum absolute atomic E-state index is 12.7. The fourth-order valence-corrected chi connectivity index (χ4v) is 3.20. The Morgan fingerprint density at radius 1 is 1.20 bits per heavy atom. The second kappa shape index (κ2) is 9.06. The molecule has 9 heteroatoms. The first-order valence-corrected chi connectivity index (χ1v) is 9.29. The lowest BCUT2D eigenvalue weighted by molar-refractivity contribution is -0.137. The fraction of sp³-hybridized carbons (Fsp3) is 0.333. The molecule has 0 saturated carbocycles. The van der Waals surface area contributed by atoms with E-state index in [0.29, 0.717) is 36.8 Å². The van der Waals surface area contributed by atoms with Crippen LogP contribution in [0, 0.1) is 0 Å². The molecule has 1 atom stereocenters. The quantitative estimate of drug-likeness (QED) is 0.723. The molecule has 0 radical (unpaired) electrons. The number of alkyl halides is 3. The number of ether oxygens (including phenoxy) is 2. The molecule has 1 aromatic carbocycles. The van der Waals surface area contributed by atoms with Crippen molar-refractivity contribution in [2.75, 3.05) is 32.2 Å². The Morgan fingerprint density at radius 2 is 1.97 bits per heavy atom. The Balaban J connectivity index is 1.55. The van der Waals surface area contributed by atoms with E-state index in [2.05, 4.69) is 10.3 Å². The third-order valence-electron chi connectivity index (χ3n) is 4.77. The van der Waals surface area contributed by atoms with Crippen LogP contribution in [-0.2, 0) is 11.0 Å². The number of nitrogens with zero attached hydrogens (tertiary/aromatic N) is 2. The molecule has 1 aliphatic heterocycles. The highest BCUT2D eigenvalue weighted by atomic mass is 19.4. The van der Waals surface area contributed by atoms with Gasteiger partial charge in [0.2, 0.25) is 5.91 Å². The Labute approximate surface area is 172 Å². The van der Waals surface area contributed by atoms with Crippen molar-refractivity contribution in [3.63, 3.8) is 0 Å². The molecular formula is C21H22F3N3O3. The molecule has 2 aromatic rings. The monoisotopic (exact) mass is 421 g/mol. The summed E-state index contributed by atoms with van der Waals surface area (Å²) in [7, 11) is 3.08. The van der Waals surface area contributed by atoms with Crippen LogP contribution in [0.3, 0.4) is 0 Å². The normalized spacial score (nSPS) is 16.7. The fourth-order valence-electron chi connectivity index (χ4n) is 3.20. The summed E-state index contributed by atoms with van der Waals surface area (Å²) >= 11 is 0. The van der Waals surface area contributed by atoms with E-state index in [4.69, 9.17) is 9.47 Å². The van der Waals surface area contributed by atoms with Crippen molar-refractivity contribution in [3.05, 3.63) is 53.7 Å². The molecule has 0 bridgehead atoms. The second-order valence-corrected chi connectivity index (χ2v) is 6.79. The van der Waals surface area contributed by atoms with E-state index < -0.39 is 11.7 Å². The van der Waals surface area contributed by atoms with Crippen molar-refractivity contribution >= 4 is 17.8 Å². The van der Waals surface area contributed by atoms with Crippen LogP contribution >= 0.6 is 0 Å². The highest BCUT2D eigenvalue weighted by molar-refractivity contribution is 5.92. The van der Waals surface area contributed by atoms with Crippen LogP contribution in [0.25, 0.3) is 6.08 Å². The number of aromatic nitrogens is 1. The first-order chi connectivity index (χ1) is 14.3. The minimum atomic E-state index is -4.41. The average Bonchev–Trinajstić information content (AvgIpc) is 3.19. The van der Waals surface area contributed by atoms with E-state index in [9.17, 15) is 18.0 Å². The van der Waals surface area contributed by atoms with Gasteiger partial charge in [-0.15, -0.1) is 0 Å². The van der Waals surface area contributed by atoms with Crippen molar-refractivity contribution < 1.29 is 27.4 Å². The van der Waals surface area contributed by atoms with Gasteiger partial charge in [-0.05, 0) is 42.3 Å². The number of nitrogens with one attached hydrogen (secondary N) is 1. The summed E-state index contributed by atoms with van der Waals surface area (Å²) in [6.07, 6.45) is 0.195. The van der Waals surface area contributed by atoms with Gasteiger partial charge in [-0.25, -0.2) is 4.98 Å². The zero-order valence-corrected chi connectivity index (χ0v) is 16.6. The van der Waals surface area contributed by atoms with Gasteiger partial charge in [-0.3, -0.25) is 4.79 Å². The summed E-state index contributed by atoms with van der Waals surface area (Å²) in [4.78, 5) is 18.0. The number of halogens is 3. The number of benzene rings is 1. The molecule has 2 heterocycles. The molecule has 1 aromatic heterocycles. The van der Waals surface area contributed by atoms with Gasteiger partial charge in [-0.2, -0.15) is 13.2 Å². The Kier molecular flexibility index (Phi) is 6.49. The molecule has 160 valence electrons. The standard InChI is InChI=1S/C21H22F3N3O3/c1-29-17-6-3-14(11-18(17)30-2)4-8-20(28)26-16-9-10-27(13-16)19-7-5-15(12-25-19)21(22,23)24/h3-8,11-12,16H,9-10,13H2,1-2H3,(H,26,28)/b8-4+. The van der Waals surface area contributed by atoms with Crippen LogP contribution in [0.4, 0.5) is 19.0 Å². The van der Waals surface area contributed by atoms with Gasteiger partial charge in [-0.1, -0.05) is 6.07 Å². The third kappa shape index (κ3) is 5.22. The molecule has 1 amide bonds. The van der Waals surface area contributed by atoms with Crippen molar-refractivity contribution in [2.45, 2.75) is 18.6 Å². The Bertz CT molecular complexity index is 914. The number of rotatable bonds is 6. The SMILES string of the molecule is COc1ccc(/C=C/C(=O)NC2CCN(c3ccc(C(F)(F)F)cn3)C2)cc1OC. The summed E-state index contributed by atoms with van der Waals surface area (Å²) in [5, 5.41) is 2.90. The number of pyridine rings is 1. The lowest BCUT2D eigenvalue weighted by Gasteiger charge is -2.18. The molecule has 1 N–H and O–H groups in total. The molecule has 1 saturated heterocycles. The Morgan fingerprint density at radius 3 is 2.60 bits per heavy atom. The third-order valence-corrected chi connectivity index (χ3v) is 4.77. The number of hydrogen-bond donors (Lipinski definition) is 1. The van der Waals surface area contributed by atoms with Crippen molar-refractivity contribution in [1.29, 1.82) is 0 Å². The van der Waals surface area contributed by atoms with E-state index in [1.54, 1.807) is 31.4 Å². The summed E-state index contributed by atoms with van der Waals surface area (Å²) < 4.78 is 48.4. The van der Waals surface area contributed by atoms with Crippen LogP contribution in [0.2, 0.25) is 0 Å². The molecule has 1 unspecified atom stereocenters. The van der Waals surface area contributed by atoms with E-state index >= 15 is 0 Å². The van der Waals surface area contributed by atoms with Gasteiger partial charge >= 0.3 is 6.18 Å². The van der Waals surface area contributed by atoms with Gasteiger partial charge in [0.15, 0.2) is 11.5 Å². The highest BCUT2D eigenvalue weighted by Crippen LogP contribution is 2.30. The van der Waals surface area contributed by atoms with Crippen LogP contribution in [-0.4, -0.2) is 44.2 Å². The highest BCUT2D eigenvalue weighted by Gasteiger charge is 2.31. The minimum Gasteiger partial charge on any atom is -0.493 e. The maximum Gasteiger partial charge on any atom is 0.417 e. The van der Waals surface area contributed by atoms with Gasteiger partial charge in [0.1, 0.15) is 5.82 Å². The lowest BCUT2D eigenvalue weighted by atomic mass is 10.2. The minimum absolute atomic E-state index is 0.114. The van der Waals surface area contributed by atoms with E-state index in [1.807, 2.05) is 4.90 Å². The smallest absolute Gasteiger partial charge is 0.417 e. The first-order valence-electron chi connectivity index (χ1n) is 9.29. The van der Waals surface area contributed by atoms with Crippen molar-refractivity contribution in [2.24, 2.45) is 0 Å². The van der Waals surface area contributed by atoms with Crippen LogP contribution in [0.5, 0.6) is 11.5 Å². The number of amides is 1. The van der Waals surface area contributed by atoms with Crippen LogP contribution in [0.15, 0.2) is 42.6 Å². The van der Waals surface area contributed by atoms with Gasteiger partial charge in [0, 0.05) is 31.4 Å². The van der Waals surface area contributed by atoms with Gasteiger partial charge in [0.05, 0.1) is 19.8 Å². The molecule has 1 fully saturated rings. The molecular weight excluding hydrogens is 399 g/mol. The molecule has 0 aliphatic carbocycles. The van der Waals surface area contributed by atoms with Gasteiger partial charge < -0.3 is 19.7 Å². The van der Waals surface area contributed by atoms with Crippen molar-refractivity contribution in [1.82, 2.24) is 10.3 Å². The molecule has 6 nitrogen and oxygen atoms in total. The number of carbonyl (C=O) groups excluding carboxylic acids is 1. The lowest BCUT2D eigenvalue weighted by Crippen LogP contribution is -2.36. The molecule has 30 heavy (non-hydrogen) atoms. The molecule has 1 aliphatic rings. The number of anilines is 1. The second-order valence-electron chi connectivity index (χ2n) is 6.79. The molecule has 0 spiro atoms. The summed E-state index contributed by atoms with van der Waals surface area (Å²) in [6, 6.07) is 7.57. The van der Waals surface area contributed by atoms with Crippen LogP contribution < -0.4 is 19.7 Å². The Hall–Kier alpha value is -3.23. The van der Waals surface area contributed by atoms with Crippen molar-refractivity contribution in [3.8, 4) is 11.5 Å². The maximum atomic E-state index is 12.7. The van der Waals surface area contributed by atoms with Crippen LogP contribution in [0.1, 0.15) is 17.5 Å². The number of methoxy groups -OCH3 is 2.